The first-order chi connectivity index (χ1) is 8.62. The Hall–Kier alpha value is -1.56. The number of benzene rings is 1. The third kappa shape index (κ3) is 2.33. The molecule has 2 aliphatic rings. The number of alkyl halides is 2. The summed E-state index contributed by atoms with van der Waals surface area (Å²) in [6.45, 7) is 1.45. The van der Waals surface area contributed by atoms with Crippen molar-refractivity contribution in [1.82, 2.24) is 0 Å². The van der Waals surface area contributed by atoms with E-state index in [-0.39, 0.29) is 11.5 Å². The topological polar surface area (TPSA) is 39.7 Å². The highest BCUT2D eigenvalue weighted by atomic mass is 19.3. The molecule has 0 amide bonds. The van der Waals surface area contributed by atoms with Crippen LogP contribution in [0.15, 0.2) is 18.2 Å². The standard InChI is InChI=1S/C12H13F2NO3/c13-12(14)17-10-2-1-9(7-11(10)18-12)15-8-3-5-16-6-4-8/h1-2,7-8,15H,3-6H2. The molecule has 0 unspecified atom stereocenters. The fraction of sp³-hybridized carbons (Fsp3) is 0.500. The van der Waals surface area contributed by atoms with E-state index in [9.17, 15) is 8.78 Å². The van der Waals surface area contributed by atoms with Gasteiger partial charge in [-0.1, -0.05) is 0 Å². The van der Waals surface area contributed by atoms with Gasteiger partial charge in [-0.15, -0.1) is 8.78 Å². The van der Waals surface area contributed by atoms with Gasteiger partial charge >= 0.3 is 6.29 Å². The zero-order valence-corrected chi connectivity index (χ0v) is 9.62. The van der Waals surface area contributed by atoms with Crippen LogP contribution in [0.4, 0.5) is 14.5 Å². The molecule has 2 aliphatic heterocycles. The Morgan fingerprint density at radius 1 is 1.11 bits per heavy atom. The van der Waals surface area contributed by atoms with E-state index in [0.717, 1.165) is 31.7 Å². The van der Waals surface area contributed by atoms with Crippen LogP contribution in [-0.4, -0.2) is 25.6 Å². The normalized spacial score (nSPS) is 21.9. The number of rotatable bonds is 2. The summed E-state index contributed by atoms with van der Waals surface area (Å²) < 4.78 is 39.7. The lowest BCUT2D eigenvalue weighted by Crippen LogP contribution is -2.27. The molecule has 6 heteroatoms. The molecule has 0 saturated carbocycles. The zero-order chi connectivity index (χ0) is 12.6. The lowest BCUT2D eigenvalue weighted by Gasteiger charge is -2.24. The molecule has 0 bridgehead atoms. The molecule has 18 heavy (non-hydrogen) atoms. The van der Waals surface area contributed by atoms with Crippen molar-refractivity contribution in [3.63, 3.8) is 0 Å². The van der Waals surface area contributed by atoms with Crippen LogP contribution >= 0.6 is 0 Å². The van der Waals surface area contributed by atoms with Crippen LogP contribution in [-0.2, 0) is 4.74 Å². The number of fused-ring (bicyclic) bond motifs is 1. The minimum Gasteiger partial charge on any atom is -0.395 e. The Kier molecular flexibility index (Phi) is 2.74. The van der Waals surface area contributed by atoms with Gasteiger partial charge in [-0.2, -0.15) is 0 Å². The summed E-state index contributed by atoms with van der Waals surface area (Å²) in [7, 11) is 0. The van der Waals surface area contributed by atoms with E-state index in [1.54, 1.807) is 6.07 Å². The first-order valence-corrected chi connectivity index (χ1v) is 5.87. The number of hydrogen-bond donors (Lipinski definition) is 1. The monoisotopic (exact) mass is 257 g/mol. The summed E-state index contributed by atoms with van der Waals surface area (Å²) in [5.74, 6) is 0.134. The second-order valence-electron chi connectivity index (χ2n) is 4.36. The zero-order valence-electron chi connectivity index (χ0n) is 9.62. The van der Waals surface area contributed by atoms with Gasteiger partial charge in [-0.05, 0) is 25.0 Å². The molecule has 0 aromatic heterocycles. The molecule has 1 aromatic carbocycles. The quantitative estimate of drug-likeness (QED) is 0.884. The minimum atomic E-state index is -3.56. The van der Waals surface area contributed by atoms with Crippen LogP contribution in [0.1, 0.15) is 12.8 Å². The van der Waals surface area contributed by atoms with Crippen molar-refractivity contribution < 1.29 is 23.0 Å². The Morgan fingerprint density at radius 2 is 1.83 bits per heavy atom. The molecular formula is C12H13F2NO3. The van der Waals surface area contributed by atoms with Crippen LogP contribution in [0.2, 0.25) is 0 Å². The van der Waals surface area contributed by atoms with Gasteiger partial charge in [0.05, 0.1) is 0 Å². The minimum absolute atomic E-state index is 0.0667. The first-order valence-electron chi connectivity index (χ1n) is 5.87. The molecule has 2 heterocycles. The van der Waals surface area contributed by atoms with Crippen molar-refractivity contribution in [3.05, 3.63) is 18.2 Å². The van der Waals surface area contributed by atoms with Crippen LogP contribution in [0, 0.1) is 0 Å². The van der Waals surface area contributed by atoms with Gasteiger partial charge in [0.25, 0.3) is 0 Å². The van der Waals surface area contributed by atoms with E-state index in [1.807, 2.05) is 0 Å². The number of hydrogen-bond acceptors (Lipinski definition) is 4. The molecular weight excluding hydrogens is 244 g/mol. The number of anilines is 1. The molecule has 0 atom stereocenters. The number of halogens is 2. The van der Waals surface area contributed by atoms with Crippen LogP contribution in [0.25, 0.3) is 0 Å². The Balaban J connectivity index is 1.71. The summed E-state index contributed by atoms with van der Waals surface area (Å²) >= 11 is 0. The van der Waals surface area contributed by atoms with Gasteiger partial charge in [0.15, 0.2) is 11.5 Å². The highest BCUT2D eigenvalue weighted by molar-refractivity contribution is 5.56. The summed E-state index contributed by atoms with van der Waals surface area (Å²) in [4.78, 5) is 0. The summed E-state index contributed by atoms with van der Waals surface area (Å²) in [6.07, 6.45) is -1.74. The van der Waals surface area contributed by atoms with Crippen LogP contribution in [0.3, 0.4) is 0 Å². The third-order valence-electron chi connectivity index (χ3n) is 2.99. The first kappa shape index (κ1) is 11.5. The second-order valence-corrected chi connectivity index (χ2v) is 4.36. The van der Waals surface area contributed by atoms with Crippen molar-refractivity contribution in [2.75, 3.05) is 18.5 Å². The predicted octanol–water partition coefficient (Wildman–Crippen LogP) is 2.60. The molecule has 1 saturated heterocycles. The van der Waals surface area contributed by atoms with Gasteiger partial charge in [0.1, 0.15) is 0 Å². The van der Waals surface area contributed by atoms with Crippen LogP contribution in [0.5, 0.6) is 11.5 Å². The molecule has 0 radical (unpaired) electrons. The molecule has 1 fully saturated rings. The lowest BCUT2D eigenvalue weighted by atomic mass is 10.1. The van der Waals surface area contributed by atoms with E-state index in [2.05, 4.69) is 14.8 Å². The van der Waals surface area contributed by atoms with E-state index in [0.29, 0.717) is 6.04 Å². The highest BCUT2D eigenvalue weighted by Gasteiger charge is 2.43. The molecule has 0 aliphatic carbocycles. The molecule has 1 aromatic rings. The largest absolute Gasteiger partial charge is 0.586 e. The molecule has 1 N–H and O–H groups in total. The average Bonchev–Trinajstić information content (AvgIpc) is 2.63. The SMILES string of the molecule is FC1(F)Oc2ccc(NC3CCOCC3)cc2O1. The van der Waals surface area contributed by atoms with Gasteiger partial charge in [0, 0.05) is 31.0 Å². The Labute approximate surface area is 103 Å². The second kappa shape index (κ2) is 4.28. The van der Waals surface area contributed by atoms with E-state index < -0.39 is 6.29 Å². The average molecular weight is 257 g/mol. The highest BCUT2D eigenvalue weighted by Crippen LogP contribution is 2.42. The van der Waals surface area contributed by atoms with Crippen molar-refractivity contribution in [2.45, 2.75) is 25.2 Å². The van der Waals surface area contributed by atoms with Crippen molar-refractivity contribution in [1.29, 1.82) is 0 Å². The molecule has 98 valence electrons. The van der Waals surface area contributed by atoms with E-state index in [4.69, 9.17) is 4.74 Å². The Morgan fingerprint density at radius 3 is 2.61 bits per heavy atom. The number of nitrogens with one attached hydrogen (secondary N) is 1. The van der Waals surface area contributed by atoms with Gasteiger partial charge in [-0.25, -0.2) is 0 Å². The van der Waals surface area contributed by atoms with Gasteiger partial charge in [0.2, 0.25) is 0 Å². The van der Waals surface area contributed by atoms with E-state index >= 15 is 0 Å². The summed E-state index contributed by atoms with van der Waals surface area (Å²) in [5.41, 5.74) is 0.752. The fourth-order valence-corrected chi connectivity index (χ4v) is 2.12. The van der Waals surface area contributed by atoms with Gasteiger partial charge < -0.3 is 19.5 Å². The molecule has 0 spiro atoms. The van der Waals surface area contributed by atoms with Crippen LogP contribution < -0.4 is 14.8 Å². The van der Waals surface area contributed by atoms with Gasteiger partial charge in [-0.3, -0.25) is 0 Å². The third-order valence-corrected chi connectivity index (χ3v) is 2.99. The van der Waals surface area contributed by atoms with Crippen molar-refractivity contribution >= 4 is 5.69 Å². The summed E-state index contributed by atoms with van der Waals surface area (Å²) in [6, 6.07) is 5.03. The Bertz CT molecular complexity index is 447. The van der Waals surface area contributed by atoms with Crippen molar-refractivity contribution in [2.24, 2.45) is 0 Å². The lowest BCUT2D eigenvalue weighted by molar-refractivity contribution is -0.286. The fourth-order valence-electron chi connectivity index (χ4n) is 2.12. The predicted molar refractivity (Wildman–Crippen MR) is 60.1 cm³/mol. The maximum absolute atomic E-state index is 12.8. The maximum Gasteiger partial charge on any atom is 0.586 e. The maximum atomic E-state index is 12.8. The van der Waals surface area contributed by atoms with Crippen molar-refractivity contribution in [3.8, 4) is 11.5 Å². The molecule has 4 nitrogen and oxygen atoms in total. The number of ether oxygens (including phenoxy) is 3. The smallest absolute Gasteiger partial charge is 0.395 e. The summed E-state index contributed by atoms with van der Waals surface area (Å²) in [5, 5.41) is 3.28. The molecule has 3 rings (SSSR count). The van der Waals surface area contributed by atoms with E-state index in [1.165, 1.54) is 12.1 Å².